The van der Waals surface area contributed by atoms with Crippen LogP contribution < -0.4 is 4.74 Å². The highest BCUT2D eigenvalue weighted by molar-refractivity contribution is 7.10. The minimum absolute atomic E-state index is 0.0401. The molecule has 2 amide bonds. The second-order valence-corrected chi connectivity index (χ2v) is 9.35. The Hall–Kier alpha value is -2.38. The van der Waals surface area contributed by atoms with E-state index in [1.807, 2.05) is 24.0 Å². The largest absolute Gasteiger partial charge is 0.491 e. The fraction of sp³-hybridized carbons (Fsp3) is 0.520. The Balaban J connectivity index is 1.73. The van der Waals surface area contributed by atoms with Gasteiger partial charge in [0.05, 0.1) is 19.2 Å². The van der Waals surface area contributed by atoms with Crippen LogP contribution in [0.3, 0.4) is 0 Å². The van der Waals surface area contributed by atoms with Crippen LogP contribution in [0.25, 0.3) is 0 Å². The van der Waals surface area contributed by atoms with Crippen LogP contribution in [0.15, 0.2) is 35.7 Å². The van der Waals surface area contributed by atoms with Crippen molar-refractivity contribution < 1.29 is 19.1 Å². The number of amides is 2. The maximum Gasteiger partial charge on any atom is 0.242 e. The average Bonchev–Trinajstić information content (AvgIpc) is 3.28. The molecule has 2 aromatic rings. The Labute approximate surface area is 195 Å². The molecule has 1 aliphatic rings. The van der Waals surface area contributed by atoms with Gasteiger partial charge in [0.1, 0.15) is 12.4 Å². The van der Waals surface area contributed by atoms with Crippen LogP contribution in [0, 0.1) is 0 Å². The Kier molecular flexibility index (Phi) is 8.70. The van der Waals surface area contributed by atoms with E-state index in [0.29, 0.717) is 38.6 Å². The smallest absolute Gasteiger partial charge is 0.242 e. The van der Waals surface area contributed by atoms with Gasteiger partial charge in [-0.25, -0.2) is 0 Å². The minimum atomic E-state index is -0.164. The first-order chi connectivity index (χ1) is 15.4. The third-order valence-corrected chi connectivity index (χ3v) is 6.91. The molecule has 7 heteroatoms. The molecule has 0 aliphatic carbocycles. The zero-order valence-electron chi connectivity index (χ0n) is 19.5. The van der Waals surface area contributed by atoms with Gasteiger partial charge >= 0.3 is 0 Å². The third kappa shape index (κ3) is 5.90. The van der Waals surface area contributed by atoms with E-state index in [1.54, 1.807) is 23.3 Å². The number of hydrogen-bond donors (Lipinski definition) is 0. The van der Waals surface area contributed by atoms with Crippen LogP contribution in [0.1, 0.15) is 55.2 Å². The van der Waals surface area contributed by atoms with E-state index in [2.05, 4.69) is 37.4 Å². The topological polar surface area (TPSA) is 59.1 Å². The average molecular weight is 459 g/mol. The molecule has 1 aliphatic heterocycles. The molecule has 0 bridgehead atoms. The van der Waals surface area contributed by atoms with E-state index >= 15 is 0 Å². The molecule has 0 radical (unpaired) electrons. The molecule has 2 heterocycles. The minimum Gasteiger partial charge on any atom is -0.491 e. The van der Waals surface area contributed by atoms with Crippen molar-refractivity contribution in [2.75, 3.05) is 40.0 Å². The summed E-state index contributed by atoms with van der Waals surface area (Å²) >= 11 is 1.73. The number of methoxy groups -OCH3 is 1. The van der Waals surface area contributed by atoms with Crippen molar-refractivity contribution in [2.45, 2.75) is 45.6 Å². The Morgan fingerprint density at radius 2 is 1.97 bits per heavy atom. The zero-order valence-corrected chi connectivity index (χ0v) is 20.3. The molecule has 0 N–H and O–H groups in total. The summed E-state index contributed by atoms with van der Waals surface area (Å²) in [4.78, 5) is 30.4. The molecule has 1 aromatic carbocycles. The number of fused-ring (bicyclic) bond motifs is 1. The highest BCUT2D eigenvalue weighted by Crippen LogP contribution is 2.34. The van der Waals surface area contributed by atoms with Gasteiger partial charge in [0.15, 0.2) is 0 Å². The Morgan fingerprint density at radius 1 is 1.22 bits per heavy atom. The lowest BCUT2D eigenvalue weighted by molar-refractivity contribution is -0.143. The van der Waals surface area contributed by atoms with Gasteiger partial charge in [0.2, 0.25) is 11.8 Å². The van der Waals surface area contributed by atoms with Gasteiger partial charge in [-0.1, -0.05) is 32.9 Å². The quantitative estimate of drug-likeness (QED) is 0.534. The normalized spacial score (nSPS) is 15.5. The lowest BCUT2D eigenvalue weighted by Crippen LogP contribution is -2.48. The number of benzene rings is 1. The van der Waals surface area contributed by atoms with E-state index < -0.39 is 0 Å². The highest BCUT2D eigenvalue weighted by atomic mass is 32.1. The van der Waals surface area contributed by atoms with E-state index in [0.717, 1.165) is 17.7 Å². The van der Waals surface area contributed by atoms with Crippen molar-refractivity contribution in [1.29, 1.82) is 0 Å². The fourth-order valence-corrected chi connectivity index (χ4v) is 4.90. The molecule has 1 aromatic heterocycles. The van der Waals surface area contributed by atoms with Gasteiger partial charge in [-0.05, 0) is 47.0 Å². The van der Waals surface area contributed by atoms with Gasteiger partial charge in [-0.15, -0.1) is 11.3 Å². The van der Waals surface area contributed by atoms with Crippen molar-refractivity contribution in [3.63, 3.8) is 0 Å². The molecule has 1 unspecified atom stereocenters. The second kappa shape index (κ2) is 11.5. The molecule has 0 saturated heterocycles. The summed E-state index contributed by atoms with van der Waals surface area (Å²) < 4.78 is 11.3. The maximum atomic E-state index is 13.3. The van der Waals surface area contributed by atoms with Crippen molar-refractivity contribution in [2.24, 2.45) is 0 Å². The van der Waals surface area contributed by atoms with Crippen molar-refractivity contribution in [3.05, 3.63) is 51.7 Å². The van der Waals surface area contributed by atoms with Crippen LogP contribution in [0.4, 0.5) is 0 Å². The van der Waals surface area contributed by atoms with Crippen LogP contribution in [-0.2, 0) is 20.7 Å². The zero-order chi connectivity index (χ0) is 23.1. The van der Waals surface area contributed by atoms with Crippen LogP contribution in [0.5, 0.6) is 5.75 Å². The van der Waals surface area contributed by atoms with Crippen LogP contribution >= 0.6 is 11.3 Å². The lowest BCUT2D eigenvalue weighted by Gasteiger charge is -2.37. The Morgan fingerprint density at radius 3 is 2.62 bits per heavy atom. The van der Waals surface area contributed by atoms with Gasteiger partial charge < -0.3 is 19.3 Å². The molecule has 6 nitrogen and oxygen atoms in total. The molecule has 0 saturated carbocycles. The summed E-state index contributed by atoms with van der Waals surface area (Å²) in [7, 11) is 1.60. The summed E-state index contributed by atoms with van der Waals surface area (Å²) in [5.74, 6) is 1.17. The monoisotopic (exact) mass is 458 g/mol. The van der Waals surface area contributed by atoms with Crippen molar-refractivity contribution >= 4 is 23.2 Å². The van der Waals surface area contributed by atoms with Gasteiger partial charge in [-0.3, -0.25) is 9.59 Å². The number of carbonyl (C=O) groups excluding carboxylic acids is 2. The predicted molar refractivity (Wildman–Crippen MR) is 127 cm³/mol. The molecule has 32 heavy (non-hydrogen) atoms. The number of hydrogen-bond acceptors (Lipinski definition) is 5. The number of rotatable bonds is 10. The number of carbonyl (C=O) groups is 2. The summed E-state index contributed by atoms with van der Waals surface area (Å²) in [6.07, 6.45) is 1.20. The molecule has 0 fully saturated rings. The second-order valence-electron chi connectivity index (χ2n) is 8.35. The third-order valence-electron chi connectivity index (χ3n) is 5.92. The first kappa shape index (κ1) is 24.3. The number of thiophene rings is 1. The molecular formula is C25H34N2O4S. The first-order valence-corrected chi connectivity index (χ1v) is 12.2. The number of ether oxygens (including phenoxy) is 2. The standard InChI is InChI=1S/C25H34N2O4S/c1-5-24(28)26(13-14-30-4)16-25(29)27-12-10-23-21(11-15-32-23)22(27)17-31-20-8-6-19(7-9-20)18(2)3/h6-9,11,15,18,22H,5,10,12-14,16-17H2,1-4H3. The van der Waals surface area contributed by atoms with E-state index in [4.69, 9.17) is 9.47 Å². The summed E-state index contributed by atoms with van der Waals surface area (Å²) in [6, 6.07) is 10.1. The van der Waals surface area contributed by atoms with E-state index in [1.165, 1.54) is 10.4 Å². The van der Waals surface area contributed by atoms with Gasteiger partial charge in [0.25, 0.3) is 0 Å². The molecule has 1 atom stereocenters. The summed E-state index contributed by atoms with van der Waals surface area (Å²) in [6.45, 7) is 8.04. The SMILES string of the molecule is CCC(=O)N(CCOC)CC(=O)N1CCc2sccc2C1COc1ccc(C(C)C)cc1. The highest BCUT2D eigenvalue weighted by Gasteiger charge is 2.33. The van der Waals surface area contributed by atoms with Crippen molar-refractivity contribution in [3.8, 4) is 5.75 Å². The maximum absolute atomic E-state index is 13.3. The first-order valence-electron chi connectivity index (χ1n) is 11.3. The number of nitrogens with zero attached hydrogens (tertiary/aromatic N) is 2. The lowest BCUT2D eigenvalue weighted by atomic mass is 10.00. The van der Waals surface area contributed by atoms with Crippen molar-refractivity contribution in [1.82, 2.24) is 9.80 Å². The van der Waals surface area contributed by atoms with E-state index in [9.17, 15) is 9.59 Å². The summed E-state index contributed by atoms with van der Waals surface area (Å²) in [5, 5.41) is 2.08. The molecule has 174 valence electrons. The molecule has 0 spiro atoms. The van der Waals surface area contributed by atoms with E-state index in [-0.39, 0.29) is 24.4 Å². The Bertz CT molecular complexity index is 894. The summed E-state index contributed by atoms with van der Waals surface area (Å²) in [5.41, 5.74) is 2.42. The van der Waals surface area contributed by atoms with Crippen LogP contribution in [-0.4, -0.2) is 61.6 Å². The van der Waals surface area contributed by atoms with Gasteiger partial charge in [-0.2, -0.15) is 0 Å². The fourth-order valence-electron chi connectivity index (χ4n) is 3.97. The predicted octanol–water partition coefficient (Wildman–Crippen LogP) is 4.26. The van der Waals surface area contributed by atoms with Crippen LogP contribution in [0.2, 0.25) is 0 Å². The molecule has 3 rings (SSSR count). The molecular weight excluding hydrogens is 424 g/mol. The van der Waals surface area contributed by atoms with Gasteiger partial charge in [0, 0.05) is 31.5 Å².